The van der Waals surface area contributed by atoms with Gasteiger partial charge in [-0.15, -0.1) is 11.6 Å². The molecule has 0 radical (unpaired) electrons. The maximum atomic E-state index is 13.7. The smallest absolute Gasteiger partial charge is 0.387 e. The molecule has 0 saturated heterocycles. The van der Waals surface area contributed by atoms with Gasteiger partial charge in [0.05, 0.1) is 5.38 Å². The molecule has 2 rings (SSSR count). The Bertz CT molecular complexity index is 599. The normalized spacial score (nSPS) is 12.5. The average Bonchev–Trinajstić information content (AvgIpc) is 2.42. The van der Waals surface area contributed by atoms with Crippen LogP contribution >= 0.6 is 23.2 Å². The van der Waals surface area contributed by atoms with Gasteiger partial charge >= 0.3 is 6.61 Å². The summed E-state index contributed by atoms with van der Waals surface area (Å²) < 4.78 is 42.4. The Kier molecular flexibility index (Phi) is 5.37. The third-order valence-electron chi connectivity index (χ3n) is 2.89. The first-order valence-electron chi connectivity index (χ1n) is 6.09. The molecule has 21 heavy (non-hydrogen) atoms. The fourth-order valence-corrected chi connectivity index (χ4v) is 2.44. The summed E-state index contributed by atoms with van der Waals surface area (Å²) in [4.78, 5) is 0. The number of ether oxygens (including phenoxy) is 1. The summed E-state index contributed by atoms with van der Waals surface area (Å²) in [5.41, 5.74) is 0.841. The standard InChI is InChI=1S/C15H11Cl2F3O/c16-12-5-2-6-14(18)11(12)8-13(17)9-3-1-4-10(7-9)21-15(19)20/h1-7,13,15H,8H2. The van der Waals surface area contributed by atoms with Crippen LogP contribution in [0.1, 0.15) is 16.5 Å². The van der Waals surface area contributed by atoms with Crippen molar-refractivity contribution in [1.82, 2.24) is 0 Å². The van der Waals surface area contributed by atoms with Crippen LogP contribution in [0.3, 0.4) is 0 Å². The van der Waals surface area contributed by atoms with Crippen molar-refractivity contribution >= 4 is 23.2 Å². The molecule has 0 N–H and O–H groups in total. The van der Waals surface area contributed by atoms with Crippen LogP contribution in [0.5, 0.6) is 5.75 Å². The number of alkyl halides is 3. The lowest BCUT2D eigenvalue weighted by atomic mass is 10.0. The SMILES string of the molecule is Fc1cccc(Cl)c1CC(Cl)c1cccc(OC(F)F)c1. The van der Waals surface area contributed by atoms with E-state index in [0.717, 1.165) is 0 Å². The Balaban J connectivity index is 2.18. The number of hydrogen-bond donors (Lipinski definition) is 0. The topological polar surface area (TPSA) is 9.23 Å². The molecule has 0 aromatic heterocycles. The van der Waals surface area contributed by atoms with E-state index in [1.165, 1.54) is 24.3 Å². The second-order valence-corrected chi connectivity index (χ2v) is 5.26. The van der Waals surface area contributed by atoms with Crippen LogP contribution in [0.4, 0.5) is 13.2 Å². The summed E-state index contributed by atoms with van der Waals surface area (Å²) in [6.45, 7) is -2.91. The molecular weight excluding hydrogens is 324 g/mol. The summed E-state index contributed by atoms with van der Waals surface area (Å²) in [6.07, 6.45) is 0.144. The maximum Gasteiger partial charge on any atom is 0.387 e. The van der Waals surface area contributed by atoms with Gasteiger partial charge in [0.25, 0.3) is 0 Å². The highest BCUT2D eigenvalue weighted by atomic mass is 35.5. The Labute approximate surface area is 130 Å². The number of halogens is 5. The molecule has 0 aliphatic carbocycles. The molecular formula is C15H11Cl2F3O. The first kappa shape index (κ1) is 16.0. The minimum atomic E-state index is -2.91. The van der Waals surface area contributed by atoms with E-state index in [1.807, 2.05) is 0 Å². The second-order valence-electron chi connectivity index (χ2n) is 4.32. The summed E-state index contributed by atoms with van der Waals surface area (Å²) in [5.74, 6) is -0.444. The van der Waals surface area contributed by atoms with Crippen LogP contribution in [0, 0.1) is 5.82 Å². The fraction of sp³-hybridized carbons (Fsp3) is 0.200. The van der Waals surface area contributed by atoms with Gasteiger partial charge in [-0.3, -0.25) is 0 Å². The quantitative estimate of drug-likeness (QED) is 0.646. The van der Waals surface area contributed by atoms with Gasteiger partial charge < -0.3 is 4.74 Å². The predicted octanol–water partition coefficient (Wildman–Crippen LogP) is 5.60. The van der Waals surface area contributed by atoms with E-state index in [9.17, 15) is 13.2 Å². The first-order chi connectivity index (χ1) is 9.97. The molecule has 1 atom stereocenters. The van der Waals surface area contributed by atoms with Gasteiger partial charge in [0.2, 0.25) is 0 Å². The summed E-state index contributed by atoms with van der Waals surface area (Å²) in [7, 11) is 0. The largest absolute Gasteiger partial charge is 0.435 e. The summed E-state index contributed by atoms with van der Waals surface area (Å²) in [6, 6.07) is 10.4. The minimum absolute atomic E-state index is 0.00720. The predicted molar refractivity (Wildman–Crippen MR) is 76.8 cm³/mol. The molecule has 0 fully saturated rings. The molecule has 2 aromatic carbocycles. The fourth-order valence-electron chi connectivity index (χ4n) is 1.91. The van der Waals surface area contributed by atoms with Crippen molar-refractivity contribution in [3.05, 3.63) is 64.4 Å². The van der Waals surface area contributed by atoms with Gasteiger partial charge in [0.1, 0.15) is 11.6 Å². The molecule has 0 bridgehead atoms. The maximum absolute atomic E-state index is 13.7. The van der Waals surface area contributed by atoms with Gasteiger partial charge in [-0.2, -0.15) is 8.78 Å². The van der Waals surface area contributed by atoms with Crippen LogP contribution in [-0.2, 0) is 6.42 Å². The Morgan fingerprint density at radius 1 is 1.10 bits per heavy atom. The van der Waals surface area contributed by atoms with E-state index in [-0.39, 0.29) is 17.2 Å². The monoisotopic (exact) mass is 334 g/mol. The van der Waals surface area contributed by atoms with Crippen LogP contribution in [0.2, 0.25) is 5.02 Å². The summed E-state index contributed by atoms with van der Waals surface area (Å²) >= 11 is 12.2. The van der Waals surface area contributed by atoms with Crippen LogP contribution in [0.25, 0.3) is 0 Å². The Hall–Kier alpha value is -1.39. The van der Waals surface area contributed by atoms with E-state index in [2.05, 4.69) is 4.74 Å². The highest BCUT2D eigenvalue weighted by molar-refractivity contribution is 6.31. The number of benzene rings is 2. The van der Waals surface area contributed by atoms with Crippen molar-refractivity contribution < 1.29 is 17.9 Å². The molecule has 0 amide bonds. The minimum Gasteiger partial charge on any atom is -0.435 e. The van der Waals surface area contributed by atoms with Crippen molar-refractivity contribution in [2.45, 2.75) is 18.4 Å². The molecule has 0 heterocycles. The molecule has 1 nitrogen and oxygen atoms in total. The average molecular weight is 335 g/mol. The van der Waals surface area contributed by atoms with Crippen LogP contribution in [-0.4, -0.2) is 6.61 Å². The third-order valence-corrected chi connectivity index (χ3v) is 3.65. The van der Waals surface area contributed by atoms with Crippen molar-refractivity contribution in [1.29, 1.82) is 0 Å². The molecule has 6 heteroatoms. The highest BCUT2D eigenvalue weighted by Gasteiger charge is 2.16. The van der Waals surface area contributed by atoms with Crippen molar-refractivity contribution in [2.24, 2.45) is 0 Å². The Morgan fingerprint density at radius 2 is 1.81 bits per heavy atom. The van der Waals surface area contributed by atoms with E-state index in [0.29, 0.717) is 11.1 Å². The molecule has 112 valence electrons. The van der Waals surface area contributed by atoms with E-state index in [4.69, 9.17) is 23.2 Å². The lowest BCUT2D eigenvalue weighted by molar-refractivity contribution is -0.0498. The molecule has 1 unspecified atom stereocenters. The lowest BCUT2D eigenvalue weighted by Crippen LogP contribution is -2.03. The van der Waals surface area contributed by atoms with Gasteiger partial charge in [0.15, 0.2) is 0 Å². The zero-order valence-electron chi connectivity index (χ0n) is 10.7. The summed E-state index contributed by atoms with van der Waals surface area (Å²) in [5, 5.41) is -0.332. The molecule has 0 aliphatic heterocycles. The van der Waals surface area contributed by atoms with Gasteiger partial charge in [0, 0.05) is 10.6 Å². The lowest BCUT2D eigenvalue weighted by Gasteiger charge is -2.13. The first-order valence-corrected chi connectivity index (χ1v) is 6.90. The van der Waals surface area contributed by atoms with E-state index in [1.54, 1.807) is 18.2 Å². The molecule has 0 spiro atoms. The molecule has 2 aromatic rings. The van der Waals surface area contributed by atoms with Gasteiger partial charge in [-0.25, -0.2) is 4.39 Å². The van der Waals surface area contributed by atoms with Gasteiger partial charge in [-0.05, 0) is 36.2 Å². The van der Waals surface area contributed by atoms with Gasteiger partial charge in [-0.1, -0.05) is 29.8 Å². The zero-order valence-corrected chi connectivity index (χ0v) is 12.2. The van der Waals surface area contributed by atoms with Crippen molar-refractivity contribution in [3.8, 4) is 5.75 Å². The zero-order chi connectivity index (χ0) is 15.4. The molecule has 0 aliphatic rings. The van der Waals surface area contributed by atoms with Crippen LogP contribution in [0.15, 0.2) is 42.5 Å². The second kappa shape index (κ2) is 7.05. The van der Waals surface area contributed by atoms with Crippen molar-refractivity contribution in [2.75, 3.05) is 0 Å². The van der Waals surface area contributed by atoms with E-state index >= 15 is 0 Å². The highest BCUT2D eigenvalue weighted by Crippen LogP contribution is 2.31. The van der Waals surface area contributed by atoms with Crippen LogP contribution < -0.4 is 4.74 Å². The Morgan fingerprint density at radius 3 is 2.48 bits per heavy atom. The number of hydrogen-bond acceptors (Lipinski definition) is 1. The molecule has 0 saturated carbocycles. The third kappa shape index (κ3) is 4.29. The van der Waals surface area contributed by atoms with Crippen molar-refractivity contribution in [3.63, 3.8) is 0 Å². The number of rotatable bonds is 5. The van der Waals surface area contributed by atoms with E-state index < -0.39 is 17.8 Å².